The largest absolute Gasteiger partial charge is 0.507 e. The number of Topliss-reactive ketones (excluding diaryl/α,β-unsaturated/α-hetero) is 1. The molecule has 0 radical (unpaired) electrons. The Morgan fingerprint density at radius 1 is 1.14 bits per heavy atom. The van der Waals surface area contributed by atoms with Gasteiger partial charge in [-0.1, -0.05) is 46.3 Å². The summed E-state index contributed by atoms with van der Waals surface area (Å²) < 4.78 is 15.4. The van der Waals surface area contributed by atoms with E-state index in [1.54, 1.807) is 35.7 Å². The molecule has 3 aromatic rings. The second-order valence-electron chi connectivity index (χ2n) is 6.01. The fraction of sp³-hybridized carbons (Fsp3) is 0.0500. The summed E-state index contributed by atoms with van der Waals surface area (Å²) in [5.74, 6) is -2.69. The molecule has 1 unspecified atom stereocenters. The van der Waals surface area contributed by atoms with Crippen molar-refractivity contribution in [3.63, 3.8) is 0 Å². The first-order chi connectivity index (χ1) is 13.5. The molecule has 8 heteroatoms. The highest BCUT2D eigenvalue weighted by molar-refractivity contribution is 9.10. The maximum atomic E-state index is 14.6. The zero-order valence-corrected chi connectivity index (χ0v) is 16.6. The summed E-state index contributed by atoms with van der Waals surface area (Å²) in [4.78, 5) is 30.8. The molecule has 0 bridgehead atoms. The number of rotatable bonds is 3. The van der Waals surface area contributed by atoms with Crippen molar-refractivity contribution in [2.24, 2.45) is 0 Å². The Balaban J connectivity index is 1.96. The molecule has 1 aromatic heterocycles. The van der Waals surface area contributed by atoms with Gasteiger partial charge in [-0.25, -0.2) is 9.37 Å². The summed E-state index contributed by atoms with van der Waals surface area (Å²) in [6, 6.07) is 11.4. The summed E-state index contributed by atoms with van der Waals surface area (Å²) in [5.41, 5.74) is 0.282. The van der Waals surface area contributed by atoms with Gasteiger partial charge in [0.1, 0.15) is 17.6 Å². The van der Waals surface area contributed by atoms with Crippen LogP contribution >= 0.6 is 27.3 Å². The van der Waals surface area contributed by atoms with Crippen LogP contribution in [0.15, 0.2) is 70.2 Å². The Hall–Kier alpha value is -2.84. The number of ketones is 1. The highest BCUT2D eigenvalue weighted by Gasteiger charge is 2.48. The number of anilines is 1. The van der Waals surface area contributed by atoms with Crippen LogP contribution in [0.2, 0.25) is 0 Å². The van der Waals surface area contributed by atoms with E-state index >= 15 is 0 Å². The van der Waals surface area contributed by atoms with Crippen molar-refractivity contribution in [2.75, 3.05) is 4.90 Å². The average molecular weight is 459 g/mol. The number of aliphatic hydroxyl groups is 1. The first-order valence-electron chi connectivity index (χ1n) is 8.20. The Morgan fingerprint density at radius 3 is 2.50 bits per heavy atom. The number of benzene rings is 2. The van der Waals surface area contributed by atoms with E-state index in [9.17, 15) is 19.1 Å². The van der Waals surface area contributed by atoms with Crippen LogP contribution in [0.5, 0.6) is 0 Å². The van der Waals surface area contributed by atoms with E-state index in [4.69, 9.17) is 0 Å². The van der Waals surface area contributed by atoms with Crippen LogP contribution in [0.25, 0.3) is 5.76 Å². The standard InChI is InChI=1S/C20H12BrFN2O3S/c21-12-7-5-11(6-8-12)17(25)15-16(13-3-1-2-4-14(13)22)24(19(27)18(15)26)20-23-9-10-28-20/h1-10,16,25H/b17-15-. The van der Waals surface area contributed by atoms with Gasteiger partial charge in [0.2, 0.25) is 0 Å². The van der Waals surface area contributed by atoms with E-state index < -0.39 is 23.5 Å². The normalized spacial score (nSPS) is 18.6. The summed E-state index contributed by atoms with van der Waals surface area (Å²) >= 11 is 4.46. The third-order valence-corrected chi connectivity index (χ3v) is 5.69. The molecule has 2 aromatic carbocycles. The monoisotopic (exact) mass is 458 g/mol. The Morgan fingerprint density at radius 2 is 1.86 bits per heavy atom. The van der Waals surface area contributed by atoms with Crippen LogP contribution in [0.3, 0.4) is 0 Å². The summed E-state index contributed by atoms with van der Waals surface area (Å²) in [5, 5.41) is 12.8. The van der Waals surface area contributed by atoms with Crippen LogP contribution < -0.4 is 4.90 Å². The van der Waals surface area contributed by atoms with Crippen LogP contribution in [0, 0.1) is 5.82 Å². The number of carbonyl (C=O) groups is 2. The minimum Gasteiger partial charge on any atom is -0.507 e. The third-order valence-electron chi connectivity index (χ3n) is 4.39. The quantitative estimate of drug-likeness (QED) is 0.351. The van der Waals surface area contributed by atoms with E-state index in [-0.39, 0.29) is 22.0 Å². The van der Waals surface area contributed by atoms with Crippen molar-refractivity contribution in [1.29, 1.82) is 0 Å². The minimum absolute atomic E-state index is 0.107. The molecule has 4 rings (SSSR count). The number of amides is 1. The number of thiazole rings is 1. The topological polar surface area (TPSA) is 70.5 Å². The van der Waals surface area contributed by atoms with Crippen molar-refractivity contribution < 1.29 is 19.1 Å². The number of hydrogen-bond acceptors (Lipinski definition) is 5. The molecule has 1 N–H and O–H groups in total. The first-order valence-corrected chi connectivity index (χ1v) is 9.87. The SMILES string of the molecule is O=C1C(=O)N(c2nccs2)C(c2ccccc2F)/C1=C(/O)c1ccc(Br)cc1. The van der Waals surface area contributed by atoms with Gasteiger partial charge in [0, 0.05) is 27.2 Å². The van der Waals surface area contributed by atoms with Gasteiger partial charge in [-0.3, -0.25) is 14.5 Å². The molecule has 1 fully saturated rings. The Labute approximate surface area is 171 Å². The van der Waals surface area contributed by atoms with Crippen LogP contribution in [0.4, 0.5) is 9.52 Å². The molecule has 0 aliphatic carbocycles. The number of nitrogens with zero attached hydrogens (tertiary/aromatic N) is 2. The lowest BCUT2D eigenvalue weighted by Crippen LogP contribution is -2.29. The predicted octanol–water partition coefficient (Wildman–Crippen LogP) is 4.67. The molecule has 0 spiro atoms. The van der Waals surface area contributed by atoms with Gasteiger partial charge in [0.15, 0.2) is 5.13 Å². The number of hydrogen-bond donors (Lipinski definition) is 1. The maximum Gasteiger partial charge on any atom is 0.301 e. The third kappa shape index (κ3) is 3.04. The van der Waals surface area contributed by atoms with Crippen LogP contribution in [-0.2, 0) is 9.59 Å². The average Bonchev–Trinajstić information content (AvgIpc) is 3.30. The van der Waals surface area contributed by atoms with E-state index in [2.05, 4.69) is 20.9 Å². The number of aliphatic hydroxyl groups excluding tert-OH is 1. The molecule has 140 valence electrons. The first kappa shape index (κ1) is 18.5. The van der Waals surface area contributed by atoms with Gasteiger partial charge in [0.25, 0.3) is 5.78 Å². The Bertz CT molecular complexity index is 1100. The molecule has 2 heterocycles. The maximum absolute atomic E-state index is 14.6. The number of aromatic nitrogens is 1. The highest BCUT2D eigenvalue weighted by atomic mass is 79.9. The lowest BCUT2D eigenvalue weighted by atomic mass is 9.95. The molecule has 1 atom stereocenters. The molecular weight excluding hydrogens is 447 g/mol. The molecule has 1 aliphatic rings. The van der Waals surface area contributed by atoms with E-state index in [1.165, 1.54) is 24.4 Å². The fourth-order valence-corrected chi connectivity index (χ4v) is 4.05. The lowest BCUT2D eigenvalue weighted by Gasteiger charge is -2.23. The second kappa shape index (κ2) is 7.29. The molecule has 5 nitrogen and oxygen atoms in total. The Kier molecular flexibility index (Phi) is 4.82. The van der Waals surface area contributed by atoms with E-state index in [1.807, 2.05) is 0 Å². The summed E-state index contributed by atoms with van der Waals surface area (Å²) in [7, 11) is 0. The molecule has 1 saturated heterocycles. The van der Waals surface area contributed by atoms with Crippen molar-refractivity contribution in [1.82, 2.24) is 4.98 Å². The predicted molar refractivity (Wildman–Crippen MR) is 107 cm³/mol. The molecule has 1 amide bonds. The lowest BCUT2D eigenvalue weighted by molar-refractivity contribution is -0.132. The molecular formula is C20H12BrFN2O3S. The smallest absolute Gasteiger partial charge is 0.301 e. The van der Waals surface area contributed by atoms with Gasteiger partial charge >= 0.3 is 5.91 Å². The number of carbonyl (C=O) groups excluding carboxylic acids is 2. The second-order valence-corrected chi connectivity index (χ2v) is 7.80. The van der Waals surface area contributed by atoms with Gasteiger partial charge in [0.05, 0.1) is 5.57 Å². The summed E-state index contributed by atoms with van der Waals surface area (Å²) in [6.45, 7) is 0. The number of halogens is 2. The van der Waals surface area contributed by atoms with Crippen LogP contribution in [-0.4, -0.2) is 21.8 Å². The zero-order chi connectivity index (χ0) is 19.8. The summed E-state index contributed by atoms with van der Waals surface area (Å²) in [6.07, 6.45) is 1.49. The zero-order valence-electron chi connectivity index (χ0n) is 14.2. The van der Waals surface area contributed by atoms with E-state index in [0.29, 0.717) is 5.56 Å². The molecule has 0 saturated carbocycles. The highest BCUT2D eigenvalue weighted by Crippen LogP contribution is 2.43. The van der Waals surface area contributed by atoms with Crippen molar-refractivity contribution >= 4 is 49.8 Å². The molecule has 1 aliphatic heterocycles. The van der Waals surface area contributed by atoms with E-state index in [0.717, 1.165) is 20.7 Å². The van der Waals surface area contributed by atoms with Gasteiger partial charge in [-0.05, 0) is 18.2 Å². The van der Waals surface area contributed by atoms with Crippen molar-refractivity contribution in [2.45, 2.75) is 6.04 Å². The van der Waals surface area contributed by atoms with Gasteiger partial charge in [-0.15, -0.1) is 11.3 Å². The van der Waals surface area contributed by atoms with Crippen LogP contribution in [0.1, 0.15) is 17.2 Å². The van der Waals surface area contributed by atoms with Crippen molar-refractivity contribution in [3.8, 4) is 0 Å². The van der Waals surface area contributed by atoms with Gasteiger partial charge in [-0.2, -0.15) is 0 Å². The van der Waals surface area contributed by atoms with Gasteiger partial charge < -0.3 is 5.11 Å². The van der Waals surface area contributed by atoms with Crippen molar-refractivity contribution in [3.05, 3.63) is 87.1 Å². The minimum atomic E-state index is -1.11. The molecule has 28 heavy (non-hydrogen) atoms. The fourth-order valence-electron chi connectivity index (χ4n) is 3.12.